The molecule has 2 N–H and O–H groups in total. The van der Waals surface area contributed by atoms with Gasteiger partial charge in [-0.15, -0.1) is 11.3 Å². The predicted octanol–water partition coefficient (Wildman–Crippen LogP) is 3.65. The van der Waals surface area contributed by atoms with Gasteiger partial charge in [0.2, 0.25) is 0 Å². The Balaban J connectivity index is 2.09. The van der Waals surface area contributed by atoms with Gasteiger partial charge < -0.3 is 10.6 Å². The number of benzene rings is 1. The maximum atomic E-state index is 12.3. The van der Waals surface area contributed by atoms with Crippen LogP contribution in [-0.4, -0.2) is 16.8 Å². The van der Waals surface area contributed by atoms with E-state index in [-0.39, 0.29) is 0 Å². The molecule has 0 radical (unpaired) electrons. The number of aromatic nitrogens is 1. The van der Waals surface area contributed by atoms with Crippen molar-refractivity contribution < 1.29 is 9.59 Å². The molecule has 0 saturated heterocycles. The molecular weight excluding hydrogens is 334 g/mol. The fraction of sp³-hybridized carbons (Fsp3) is 0.421. The van der Waals surface area contributed by atoms with Crippen LogP contribution in [0, 0.1) is 0 Å². The molecular formula is C19H25N3O2S. The summed E-state index contributed by atoms with van der Waals surface area (Å²) < 4.78 is 0. The van der Waals surface area contributed by atoms with E-state index < -0.39 is 17.4 Å². The molecule has 0 fully saturated rings. The Bertz CT molecular complexity index is 743. The third-order valence-corrected chi connectivity index (χ3v) is 5.47. The van der Waals surface area contributed by atoms with E-state index in [9.17, 15) is 9.59 Å². The Kier molecular flexibility index (Phi) is 6.31. The molecule has 25 heavy (non-hydrogen) atoms. The highest BCUT2D eigenvalue weighted by Crippen LogP contribution is 2.26. The Hall–Kier alpha value is -2.21. The number of nitrogens with one attached hydrogen (secondary N) is 2. The first-order valence-corrected chi connectivity index (χ1v) is 9.46. The van der Waals surface area contributed by atoms with Gasteiger partial charge >= 0.3 is 11.8 Å². The number of rotatable bonds is 6. The van der Waals surface area contributed by atoms with E-state index in [1.165, 1.54) is 22.5 Å². The molecule has 0 spiro atoms. The zero-order valence-electron chi connectivity index (χ0n) is 15.2. The SMILES string of the molecule is CCc1ccc(NC(=O)C(=O)NC(C)(CC)c2nccs2)cc1CC. The number of aryl methyl sites for hydroxylation is 2. The van der Waals surface area contributed by atoms with Crippen molar-refractivity contribution in [3.63, 3.8) is 0 Å². The number of hydrogen-bond donors (Lipinski definition) is 2. The van der Waals surface area contributed by atoms with Crippen molar-refractivity contribution in [2.24, 2.45) is 0 Å². The van der Waals surface area contributed by atoms with Crippen molar-refractivity contribution in [1.29, 1.82) is 0 Å². The summed E-state index contributed by atoms with van der Waals surface area (Å²) in [6.45, 7) is 8.01. The number of nitrogens with zero attached hydrogens (tertiary/aromatic N) is 1. The molecule has 0 bridgehead atoms. The number of amides is 2. The van der Waals surface area contributed by atoms with Gasteiger partial charge in [-0.3, -0.25) is 9.59 Å². The first-order valence-electron chi connectivity index (χ1n) is 8.58. The summed E-state index contributed by atoms with van der Waals surface area (Å²) in [6.07, 6.45) is 4.17. The van der Waals surface area contributed by atoms with Gasteiger partial charge in [0.25, 0.3) is 0 Å². The summed E-state index contributed by atoms with van der Waals surface area (Å²) >= 11 is 1.46. The highest BCUT2D eigenvalue weighted by molar-refractivity contribution is 7.09. The normalized spacial score (nSPS) is 13.1. The van der Waals surface area contributed by atoms with Gasteiger partial charge in [-0.05, 0) is 49.4 Å². The first kappa shape index (κ1) is 19.1. The second kappa shape index (κ2) is 8.25. The molecule has 1 aromatic carbocycles. The third kappa shape index (κ3) is 4.45. The van der Waals surface area contributed by atoms with Crippen molar-refractivity contribution >= 4 is 28.8 Å². The van der Waals surface area contributed by atoms with Gasteiger partial charge in [-0.2, -0.15) is 0 Å². The summed E-state index contributed by atoms with van der Waals surface area (Å²) in [5.74, 6) is -1.32. The van der Waals surface area contributed by atoms with E-state index >= 15 is 0 Å². The fourth-order valence-electron chi connectivity index (χ4n) is 2.66. The third-order valence-electron chi connectivity index (χ3n) is 4.43. The van der Waals surface area contributed by atoms with Crippen LogP contribution in [-0.2, 0) is 28.0 Å². The quantitative estimate of drug-likeness (QED) is 0.774. The highest BCUT2D eigenvalue weighted by Gasteiger charge is 2.31. The molecule has 0 aliphatic heterocycles. The number of anilines is 1. The van der Waals surface area contributed by atoms with E-state index in [0.29, 0.717) is 12.1 Å². The van der Waals surface area contributed by atoms with E-state index in [0.717, 1.165) is 17.8 Å². The number of thiazole rings is 1. The van der Waals surface area contributed by atoms with Gasteiger partial charge in [0, 0.05) is 17.3 Å². The zero-order valence-corrected chi connectivity index (χ0v) is 16.0. The topological polar surface area (TPSA) is 71.1 Å². The van der Waals surface area contributed by atoms with Crippen LogP contribution in [0.25, 0.3) is 0 Å². The molecule has 6 heteroatoms. The lowest BCUT2D eigenvalue weighted by molar-refractivity contribution is -0.137. The average Bonchev–Trinajstić information content (AvgIpc) is 3.16. The minimum Gasteiger partial charge on any atom is -0.336 e. The lowest BCUT2D eigenvalue weighted by Crippen LogP contribution is -2.47. The van der Waals surface area contributed by atoms with Crippen LogP contribution < -0.4 is 10.6 Å². The Morgan fingerprint density at radius 2 is 1.84 bits per heavy atom. The molecule has 2 amide bonds. The summed E-state index contributed by atoms with van der Waals surface area (Å²) in [5.41, 5.74) is 2.43. The van der Waals surface area contributed by atoms with E-state index in [4.69, 9.17) is 0 Å². The molecule has 134 valence electrons. The maximum absolute atomic E-state index is 12.3. The van der Waals surface area contributed by atoms with Gasteiger partial charge in [0.15, 0.2) is 0 Å². The molecule has 2 rings (SSSR count). The molecule has 2 aromatic rings. The standard InChI is InChI=1S/C19H25N3O2S/c1-5-13-8-9-15(12-14(13)6-2)21-16(23)17(24)22-19(4,7-3)18-20-10-11-25-18/h8-12H,5-7H2,1-4H3,(H,21,23)(H,22,24). The van der Waals surface area contributed by atoms with Crippen molar-refractivity contribution in [2.45, 2.75) is 52.5 Å². The van der Waals surface area contributed by atoms with Crippen molar-refractivity contribution in [3.8, 4) is 0 Å². The summed E-state index contributed by atoms with van der Waals surface area (Å²) in [4.78, 5) is 28.9. The van der Waals surface area contributed by atoms with Crippen LogP contribution >= 0.6 is 11.3 Å². The maximum Gasteiger partial charge on any atom is 0.313 e. The lowest BCUT2D eigenvalue weighted by atomic mass is 10.00. The van der Waals surface area contributed by atoms with Crippen molar-refractivity contribution in [2.75, 3.05) is 5.32 Å². The van der Waals surface area contributed by atoms with Crippen molar-refractivity contribution in [3.05, 3.63) is 45.9 Å². The zero-order chi connectivity index (χ0) is 18.4. The average molecular weight is 359 g/mol. The molecule has 1 atom stereocenters. The van der Waals surface area contributed by atoms with Crippen LogP contribution in [0.2, 0.25) is 0 Å². The fourth-order valence-corrected chi connectivity index (χ4v) is 3.49. The largest absolute Gasteiger partial charge is 0.336 e. The number of carbonyl (C=O) groups is 2. The van der Waals surface area contributed by atoms with E-state index in [1.807, 2.05) is 37.4 Å². The van der Waals surface area contributed by atoms with E-state index in [2.05, 4.69) is 29.5 Å². The minimum absolute atomic E-state index is 0.640. The summed E-state index contributed by atoms with van der Waals surface area (Å²) in [7, 11) is 0. The molecule has 0 aliphatic rings. The second-order valence-electron chi connectivity index (χ2n) is 6.12. The number of hydrogen-bond acceptors (Lipinski definition) is 4. The molecule has 1 heterocycles. The van der Waals surface area contributed by atoms with Crippen LogP contribution in [0.3, 0.4) is 0 Å². The van der Waals surface area contributed by atoms with Gasteiger partial charge in [0.1, 0.15) is 5.01 Å². The van der Waals surface area contributed by atoms with Crippen LogP contribution in [0.1, 0.15) is 50.3 Å². The molecule has 0 saturated carbocycles. The number of carbonyl (C=O) groups excluding carboxylic acids is 2. The van der Waals surface area contributed by atoms with Crippen LogP contribution in [0.4, 0.5) is 5.69 Å². The van der Waals surface area contributed by atoms with Gasteiger partial charge in [0.05, 0.1) is 5.54 Å². The Morgan fingerprint density at radius 3 is 2.40 bits per heavy atom. The molecule has 1 aromatic heterocycles. The van der Waals surface area contributed by atoms with E-state index in [1.54, 1.807) is 6.20 Å². The van der Waals surface area contributed by atoms with Gasteiger partial charge in [-0.25, -0.2) is 4.98 Å². The Morgan fingerprint density at radius 1 is 1.12 bits per heavy atom. The molecule has 0 aliphatic carbocycles. The minimum atomic E-state index is -0.664. The summed E-state index contributed by atoms with van der Waals surface area (Å²) in [5, 5.41) is 8.15. The first-order chi connectivity index (χ1) is 11.9. The summed E-state index contributed by atoms with van der Waals surface area (Å²) in [6, 6.07) is 5.77. The molecule has 5 nitrogen and oxygen atoms in total. The van der Waals surface area contributed by atoms with Crippen LogP contribution in [0.15, 0.2) is 29.8 Å². The van der Waals surface area contributed by atoms with Crippen LogP contribution in [0.5, 0.6) is 0 Å². The molecule has 1 unspecified atom stereocenters. The smallest absolute Gasteiger partial charge is 0.313 e. The predicted molar refractivity (Wildman–Crippen MR) is 102 cm³/mol. The second-order valence-corrected chi connectivity index (χ2v) is 7.02. The monoisotopic (exact) mass is 359 g/mol. The van der Waals surface area contributed by atoms with Gasteiger partial charge in [-0.1, -0.05) is 26.8 Å². The van der Waals surface area contributed by atoms with Crippen molar-refractivity contribution in [1.82, 2.24) is 10.3 Å². The Labute approximate surface area is 152 Å². The highest BCUT2D eigenvalue weighted by atomic mass is 32.1. The lowest BCUT2D eigenvalue weighted by Gasteiger charge is -2.27.